The van der Waals surface area contributed by atoms with Crippen molar-refractivity contribution < 1.29 is 4.42 Å². The maximum atomic E-state index is 5.79. The largest absolute Gasteiger partial charge is 0.465 e. The van der Waals surface area contributed by atoms with E-state index in [1.165, 1.54) is 12.8 Å². The summed E-state index contributed by atoms with van der Waals surface area (Å²) in [4.78, 5) is 2.54. The van der Waals surface area contributed by atoms with Gasteiger partial charge in [-0.2, -0.15) is 0 Å². The lowest BCUT2D eigenvalue weighted by Crippen LogP contribution is -2.45. The Labute approximate surface area is 122 Å². The normalized spacial score (nSPS) is 17.7. The molecule has 2 heterocycles. The monoisotopic (exact) mass is 294 g/mol. The van der Waals surface area contributed by atoms with Gasteiger partial charge in [0.05, 0.1) is 6.04 Å². The fourth-order valence-corrected chi connectivity index (χ4v) is 2.40. The van der Waals surface area contributed by atoms with Gasteiger partial charge in [0.2, 0.25) is 0 Å². The molecule has 1 N–H and O–H groups in total. The first-order valence-electron chi connectivity index (χ1n) is 6.32. The van der Waals surface area contributed by atoms with Crippen molar-refractivity contribution in [2.75, 3.05) is 26.2 Å². The van der Waals surface area contributed by atoms with E-state index in [0.29, 0.717) is 6.04 Å². The zero-order valence-electron chi connectivity index (χ0n) is 11.1. The predicted molar refractivity (Wildman–Crippen MR) is 80.0 cm³/mol. The van der Waals surface area contributed by atoms with Crippen LogP contribution in [0.2, 0.25) is 0 Å². The number of nitrogens with zero attached hydrogens (tertiary/aromatic N) is 1. The van der Waals surface area contributed by atoms with Crippen molar-refractivity contribution in [3.05, 3.63) is 23.7 Å². The minimum atomic E-state index is 0. The van der Waals surface area contributed by atoms with Crippen LogP contribution >= 0.6 is 24.8 Å². The molecule has 5 heteroatoms. The quantitative estimate of drug-likeness (QED) is 0.925. The Balaban J connectivity index is 0.00000144. The predicted octanol–water partition coefficient (Wildman–Crippen LogP) is 3.18. The van der Waals surface area contributed by atoms with Gasteiger partial charge in [-0.05, 0) is 25.5 Å². The number of halogens is 2. The number of hydrogen-bond acceptors (Lipinski definition) is 3. The molecule has 1 fully saturated rings. The van der Waals surface area contributed by atoms with Crippen molar-refractivity contribution >= 4 is 24.8 Å². The molecule has 0 aliphatic carbocycles. The Morgan fingerprint density at radius 2 is 1.94 bits per heavy atom. The van der Waals surface area contributed by atoms with Crippen LogP contribution in [0.15, 0.2) is 16.5 Å². The standard InChI is InChI=1S/C13H22N2O.2ClH/c1-3-4-12(13-6-5-11(2)16-13)15-9-7-14-8-10-15;;/h5-6,12,14H,3-4,7-10H2,1-2H3;2*1H/t12-;;/m1../s1. The lowest BCUT2D eigenvalue weighted by Gasteiger charge is -2.33. The van der Waals surface area contributed by atoms with Crippen LogP contribution in [0.5, 0.6) is 0 Å². The van der Waals surface area contributed by atoms with Gasteiger partial charge in [0.1, 0.15) is 11.5 Å². The highest BCUT2D eigenvalue weighted by molar-refractivity contribution is 5.85. The molecule has 18 heavy (non-hydrogen) atoms. The fraction of sp³-hybridized carbons (Fsp3) is 0.692. The van der Waals surface area contributed by atoms with Gasteiger partial charge in [-0.25, -0.2) is 0 Å². The first-order valence-corrected chi connectivity index (χ1v) is 6.32. The van der Waals surface area contributed by atoms with Gasteiger partial charge in [-0.3, -0.25) is 4.90 Å². The van der Waals surface area contributed by atoms with Crippen LogP contribution in [-0.2, 0) is 0 Å². The second kappa shape index (κ2) is 8.81. The van der Waals surface area contributed by atoms with Crippen molar-refractivity contribution in [1.82, 2.24) is 10.2 Å². The number of hydrogen-bond donors (Lipinski definition) is 1. The molecule has 0 unspecified atom stereocenters. The van der Waals surface area contributed by atoms with Crippen LogP contribution in [0.25, 0.3) is 0 Å². The zero-order chi connectivity index (χ0) is 11.4. The summed E-state index contributed by atoms with van der Waals surface area (Å²) < 4.78 is 5.79. The van der Waals surface area contributed by atoms with E-state index >= 15 is 0 Å². The van der Waals surface area contributed by atoms with E-state index in [-0.39, 0.29) is 24.8 Å². The van der Waals surface area contributed by atoms with Gasteiger partial charge in [-0.1, -0.05) is 13.3 Å². The maximum absolute atomic E-state index is 5.79. The van der Waals surface area contributed by atoms with Crippen molar-refractivity contribution in [2.24, 2.45) is 0 Å². The Morgan fingerprint density at radius 1 is 1.28 bits per heavy atom. The van der Waals surface area contributed by atoms with Crippen molar-refractivity contribution in [3.63, 3.8) is 0 Å². The maximum Gasteiger partial charge on any atom is 0.121 e. The van der Waals surface area contributed by atoms with E-state index < -0.39 is 0 Å². The van der Waals surface area contributed by atoms with Gasteiger partial charge >= 0.3 is 0 Å². The molecule has 0 radical (unpaired) electrons. The summed E-state index contributed by atoms with van der Waals surface area (Å²) >= 11 is 0. The first-order chi connectivity index (χ1) is 7.81. The SMILES string of the molecule is CCC[C@H](c1ccc(C)o1)N1CCNCC1.Cl.Cl. The average molecular weight is 295 g/mol. The first kappa shape index (κ1) is 17.8. The second-order valence-electron chi connectivity index (χ2n) is 4.54. The van der Waals surface area contributed by atoms with Crippen LogP contribution in [0.1, 0.15) is 37.3 Å². The molecule has 0 amide bonds. The van der Waals surface area contributed by atoms with E-state index in [2.05, 4.69) is 29.3 Å². The lowest BCUT2D eigenvalue weighted by molar-refractivity contribution is 0.145. The Bertz CT molecular complexity index is 325. The van der Waals surface area contributed by atoms with E-state index in [9.17, 15) is 0 Å². The Kier molecular flexibility index (Phi) is 8.70. The summed E-state index contributed by atoms with van der Waals surface area (Å²) in [7, 11) is 0. The van der Waals surface area contributed by atoms with Crippen molar-refractivity contribution in [3.8, 4) is 0 Å². The number of aryl methyl sites for hydroxylation is 1. The highest BCUT2D eigenvalue weighted by atomic mass is 35.5. The molecule has 0 bridgehead atoms. The molecule has 0 spiro atoms. The molecule has 0 aromatic carbocycles. The molecule has 1 saturated heterocycles. The van der Waals surface area contributed by atoms with Crippen LogP contribution in [0.3, 0.4) is 0 Å². The van der Waals surface area contributed by atoms with E-state index in [1.807, 2.05) is 6.92 Å². The van der Waals surface area contributed by atoms with E-state index in [4.69, 9.17) is 4.42 Å². The van der Waals surface area contributed by atoms with Gasteiger partial charge in [0.15, 0.2) is 0 Å². The topological polar surface area (TPSA) is 28.4 Å². The summed E-state index contributed by atoms with van der Waals surface area (Å²) in [5.74, 6) is 2.16. The minimum Gasteiger partial charge on any atom is -0.465 e. The molecular weight excluding hydrogens is 271 g/mol. The smallest absolute Gasteiger partial charge is 0.121 e. The average Bonchev–Trinajstić information content (AvgIpc) is 2.74. The molecule has 1 aliphatic rings. The Morgan fingerprint density at radius 3 is 2.44 bits per heavy atom. The highest BCUT2D eigenvalue weighted by Gasteiger charge is 2.23. The number of piperazine rings is 1. The van der Waals surface area contributed by atoms with E-state index in [1.54, 1.807) is 0 Å². The van der Waals surface area contributed by atoms with Gasteiger partial charge in [-0.15, -0.1) is 24.8 Å². The third-order valence-corrected chi connectivity index (χ3v) is 3.24. The zero-order valence-corrected chi connectivity index (χ0v) is 12.8. The Hall–Kier alpha value is -0.220. The lowest BCUT2D eigenvalue weighted by atomic mass is 10.1. The van der Waals surface area contributed by atoms with Crippen molar-refractivity contribution in [1.29, 1.82) is 0 Å². The van der Waals surface area contributed by atoms with Crippen LogP contribution in [0.4, 0.5) is 0 Å². The van der Waals surface area contributed by atoms with Crippen molar-refractivity contribution in [2.45, 2.75) is 32.7 Å². The summed E-state index contributed by atoms with van der Waals surface area (Å²) in [5, 5.41) is 3.40. The summed E-state index contributed by atoms with van der Waals surface area (Å²) in [6.45, 7) is 8.71. The fourth-order valence-electron chi connectivity index (χ4n) is 2.40. The van der Waals surface area contributed by atoms with Gasteiger partial charge in [0, 0.05) is 26.2 Å². The molecule has 1 aliphatic heterocycles. The minimum absolute atomic E-state index is 0. The summed E-state index contributed by atoms with van der Waals surface area (Å²) in [6.07, 6.45) is 2.39. The second-order valence-corrected chi connectivity index (χ2v) is 4.54. The van der Waals surface area contributed by atoms with Crippen LogP contribution in [-0.4, -0.2) is 31.1 Å². The summed E-state index contributed by atoms with van der Waals surface area (Å²) in [5.41, 5.74) is 0. The molecule has 1 aromatic rings. The third kappa shape index (κ3) is 4.47. The number of rotatable bonds is 4. The highest BCUT2D eigenvalue weighted by Crippen LogP contribution is 2.27. The molecule has 1 atom stereocenters. The third-order valence-electron chi connectivity index (χ3n) is 3.24. The molecule has 0 saturated carbocycles. The van der Waals surface area contributed by atoms with E-state index in [0.717, 1.165) is 37.7 Å². The van der Waals surface area contributed by atoms with Gasteiger partial charge < -0.3 is 9.73 Å². The molecule has 1 aromatic heterocycles. The van der Waals surface area contributed by atoms with Gasteiger partial charge in [0.25, 0.3) is 0 Å². The van der Waals surface area contributed by atoms with Crippen LogP contribution < -0.4 is 5.32 Å². The molecule has 106 valence electrons. The van der Waals surface area contributed by atoms with Crippen LogP contribution in [0, 0.1) is 6.92 Å². The molecule has 3 nitrogen and oxygen atoms in total. The molecule has 2 rings (SSSR count). The molecular formula is C13H24Cl2N2O. The number of furan rings is 1. The summed E-state index contributed by atoms with van der Waals surface area (Å²) in [6, 6.07) is 4.68. The number of nitrogens with one attached hydrogen (secondary N) is 1.